The summed E-state index contributed by atoms with van der Waals surface area (Å²) in [5, 5.41) is 0. The number of hydrogen-bond donors (Lipinski definition) is 0. The molecule has 3 nitrogen and oxygen atoms in total. The van der Waals surface area contributed by atoms with E-state index < -0.39 is 0 Å². The van der Waals surface area contributed by atoms with Crippen LogP contribution in [-0.2, 0) is 31.5 Å². The number of hydrogen-bond acceptors (Lipinski definition) is 3. The zero-order valence-electron chi connectivity index (χ0n) is 6.96. The summed E-state index contributed by atoms with van der Waals surface area (Å²) in [7, 11) is 0. The van der Waals surface area contributed by atoms with Gasteiger partial charge in [0.25, 0.3) is 0 Å². The second-order valence-corrected chi connectivity index (χ2v) is 1.34. The largest absolute Gasteiger partial charge is 4.00 e. The number of carbonyl (C=O) groups excluding carboxylic acids is 3. The van der Waals surface area contributed by atoms with Crippen LogP contribution in [-0.4, -0.2) is 20.4 Å². The van der Waals surface area contributed by atoms with Gasteiger partial charge in [-0.25, -0.2) is 12.2 Å². The minimum absolute atomic E-state index is 0. The molecule has 0 atom stereocenters. The van der Waals surface area contributed by atoms with Crippen LogP contribution in [0.4, 0.5) is 0 Å². The first kappa shape index (κ1) is 22.7. The van der Waals surface area contributed by atoms with Gasteiger partial charge in [0.15, 0.2) is 0 Å². The van der Waals surface area contributed by atoms with Crippen molar-refractivity contribution in [3.05, 3.63) is 24.3 Å². The molecule has 0 spiro atoms. The topological polar surface area (TPSA) is 51.2 Å². The van der Waals surface area contributed by atoms with Gasteiger partial charge in [-0.1, -0.05) is 6.42 Å². The minimum atomic E-state index is 0. The fourth-order valence-corrected chi connectivity index (χ4v) is 0.482. The fourth-order valence-electron chi connectivity index (χ4n) is 0.482. The molecule has 0 aliphatic heterocycles. The molecule has 0 saturated carbocycles. The van der Waals surface area contributed by atoms with Gasteiger partial charge in [0, 0.05) is 0 Å². The Balaban J connectivity index is -0.0000000508. The van der Waals surface area contributed by atoms with Crippen LogP contribution in [0.1, 0.15) is 12.8 Å². The Hall–Kier alpha value is -0.991. The van der Waals surface area contributed by atoms with Gasteiger partial charge in [-0.05, 0) is 0 Å². The molecule has 72 valence electrons. The SMILES string of the molecule is [C-]1=CC=CCC1.[CH-]=O.[CH-]=O.[CH-]=O.[Fe+4]. The van der Waals surface area contributed by atoms with E-state index in [1.165, 1.54) is 6.42 Å². The maximum absolute atomic E-state index is 7.75. The third kappa shape index (κ3) is 35.6. The molecular weight excluding hydrogens is 212 g/mol. The van der Waals surface area contributed by atoms with Crippen molar-refractivity contribution >= 4 is 20.4 Å². The van der Waals surface area contributed by atoms with Crippen LogP contribution >= 0.6 is 0 Å². The first-order valence-electron chi connectivity index (χ1n) is 2.92. The van der Waals surface area contributed by atoms with Gasteiger partial charge in [-0.2, -0.15) is 6.08 Å². The molecule has 0 saturated heterocycles. The predicted molar refractivity (Wildman–Crippen MR) is 46.4 cm³/mol. The smallest absolute Gasteiger partial charge is 0.545 e. The zero-order valence-corrected chi connectivity index (χ0v) is 8.06. The van der Waals surface area contributed by atoms with Crippen LogP contribution in [0.5, 0.6) is 0 Å². The molecule has 1 rings (SSSR count). The van der Waals surface area contributed by atoms with Crippen molar-refractivity contribution in [2.45, 2.75) is 12.8 Å². The molecular formula is C9H10FeO3. The Bertz CT molecular complexity index is 107. The van der Waals surface area contributed by atoms with E-state index in [1.54, 1.807) is 0 Å². The summed E-state index contributed by atoms with van der Waals surface area (Å²) >= 11 is 0. The molecule has 13 heavy (non-hydrogen) atoms. The van der Waals surface area contributed by atoms with Gasteiger partial charge in [0.2, 0.25) is 0 Å². The van der Waals surface area contributed by atoms with E-state index in [9.17, 15) is 0 Å². The van der Waals surface area contributed by atoms with Crippen molar-refractivity contribution in [2.75, 3.05) is 0 Å². The van der Waals surface area contributed by atoms with Gasteiger partial charge >= 0.3 is 17.1 Å². The van der Waals surface area contributed by atoms with E-state index in [0.29, 0.717) is 0 Å². The van der Waals surface area contributed by atoms with Gasteiger partial charge < -0.3 is 14.4 Å². The van der Waals surface area contributed by atoms with Crippen molar-refractivity contribution in [1.29, 1.82) is 0 Å². The second-order valence-electron chi connectivity index (χ2n) is 1.34. The molecule has 0 fully saturated rings. The number of rotatable bonds is 0. The Kier molecular flexibility index (Phi) is 76.7. The van der Waals surface area contributed by atoms with E-state index >= 15 is 0 Å². The summed E-state index contributed by atoms with van der Waals surface area (Å²) in [6.45, 7) is 9.75. The van der Waals surface area contributed by atoms with Gasteiger partial charge in [-0.3, -0.25) is 26.4 Å². The van der Waals surface area contributed by atoms with Crippen LogP contribution < -0.4 is 0 Å². The Morgan fingerprint density at radius 2 is 1.46 bits per heavy atom. The van der Waals surface area contributed by atoms with E-state index in [-0.39, 0.29) is 17.1 Å². The summed E-state index contributed by atoms with van der Waals surface area (Å²) in [6.07, 6.45) is 11.5. The fraction of sp³-hybridized carbons (Fsp3) is 0.222. The molecule has 0 N–H and O–H groups in total. The Labute approximate surface area is 89.4 Å². The van der Waals surface area contributed by atoms with Gasteiger partial charge in [0.05, 0.1) is 0 Å². The summed E-state index contributed by atoms with van der Waals surface area (Å²) in [4.78, 5) is 23.2. The zero-order chi connectivity index (χ0) is 10.2. The van der Waals surface area contributed by atoms with E-state index in [4.69, 9.17) is 14.4 Å². The molecule has 0 aromatic rings. The van der Waals surface area contributed by atoms with Crippen molar-refractivity contribution in [1.82, 2.24) is 0 Å². The molecule has 0 heterocycles. The standard InChI is InChI=1S/C6H7.3CHO.Fe/c1-2-4-6-5-3-1;3*1-2;/h1-3H,4,6H2;3*1H;/q4*-1;+4. The Morgan fingerprint density at radius 3 is 1.54 bits per heavy atom. The first-order chi connectivity index (χ1) is 6.00. The number of allylic oxidation sites excluding steroid dienone is 4. The van der Waals surface area contributed by atoms with Gasteiger partial charge in [0.1, 0.15) is 0 Å². The minimum Gasteiger partial charge on any atom is -0.545 e. The third-order valence-corrected chi connectivity index (χ3v) is 0.806. The van der Waals surface area contributed by atoms with Crippen molar-refractivity contribution in [3.8, 4) is 0 Å². The molecule has 0 aromatic carbocycles. The van der Waals surface area contributed by atoms with E-state index in [1.807, 2.05) is 12.2 Å². The predicted octanol–water partition coefficient (Wildman–Crippen LogP) is 0.871. The quantitative estimate of drug-likeness (QED) is 0.347. The van der Waals surface area contributed by atoms with Crippen LogP contribution in [0.25, 0.3) is 0 Å². The Morgan fingerprint density at radius 1 is 1.00 bits per heavy atom. The molecule has 0 bridgehead atoms. The molecule has 1 aliphatic rings. The van der Waals surface area contributed by atoms with E-state index in [0.717, 1.165) is 6.42 Å². The average molecular weight is 222 g/mol. The van der Waals surface area contributed by atoms with Crippen molar-refractivity contribution < 1.29 is 31.5 Å². The monoisotopic (exact) mass is 222 g/mol. The van der Waals surface area contributed by atoms with Crippen LogP contribution in [0.15, 0.2) is 18.2 Å². The molecule has 0 unspecified atom stereocenters. The van der Waals surface area contributed by atoms with E-state index in [2.05, 4.69) is 32.5 Å². The summed E-state index contributed by atoms with van der Waals surface area (Å²) in [6, 6.07) is 0. The molecule has 0 amide bonds. The van der Waals surface area contributed by atoms with Crippen LogP contribution in [0, 0.1) is 6.08 Å². The van der Waals surface area contributed by atoms with Crippen LogP contribution in [0.3, 0.4) is 0 Å². The van der Waals surface area contributed by atoms with Crippen molar-refractivity contribution in [2.24, 2.45) is 0 Å². The normalized spacial score (nSPS) is 9.54. The summed E-state index contributed by atoms with van der Waals surface area (Å²) in [5.74, 6) is 0. The summed E-state index contributed by atoms with van der Waals surface area (Å²) < 4.78 is 0. The summed E-state index contributed by atoms with van der Waals surface area (Å²) in [5.41, 5.74) is 0. The average Bonchev–Trinajstić information content (AvgIpc) is 2.29. The second kappa shape index (κ2) is 44.0. The maximum Gasteiger partial charge on any atom is 4.00 e. The molecule has 4 heteroatoms. The van der Waals surface area contributed by atoms with Crippen LogP contribution in [0.2, 0.25) is 0 Å². The maximum atomic E-state index is 7.75. The molecule has 0 aromatic heterocycles. The van der Waals surface area contributed by atoms with Gasteiger partial charge in [-0.15, -0.1) is 6.42 Å². The van der Waals surface area contributed by atoms with Crippen molar-refractivity contribution in [3.63, 3.8) is 0 Å². The first-order valence-corrected chi connectivity index (χ1v) is 2.92. The molecule has 1 aliphatic carbocycles. The third-order valence-electron chi connectivity index (χ3n) is 0.806. The molecule has 0 radical (unpaired) electrons.